The van der Waals surface area contributed by atoms with E-state index in [9.17, 15) is 14.9 Å². The molecule has 0 spiro atoms. The van der Waals surface area contributed by atoms with Crippen molar-refractivity contribution in [3.8, 4) is 0 Å². The standard InChI is InChI=1S/C10H11NO4/c12-7-6-9(11(14)15)10(13)8-4-2-1-3-5-8/h1-5,9,12H,6-7H2. The van der Waals surface area contributed by atoms with Crippen molar-refractivity contribution in [2.75, 3.05) is 6.61 Å². The normalized spacial score (nSPS) is 12.1. The van der Waals surface area contributed by atoms with Gasteiger partial charge in [-0.1, -0.05) is 30.3 Å². The minimum atomic E-state index is -1.35. The summed E-state index contributed by atoms with van der Waals surface area (Å²) in [6.45, 7) is -0.371. The summed E-state index contributed by atoms with van der Waals surface area (Å²) < 4.78 is 0. The van der Waals surface area contributed by atoms with Crippen molar-refractivity contribution in [3.63, 3.8) is 0 Å². The van der Waals surface area contributed by atoms with Gasteiger partial charge in [0.05, 0.1) is 6.61 Å². The third kappa shape index (κ3) is 2.85. The van der Waals surface area contributed by atoms with Gasteiger partial charge in [-0.2, -0.15) is 0 Å². The van der Waals surface area contributed by atoms with Gasteiger partial charge >= 0.3 is 0 Å². The number of ketones is 1. The summed E-state index contributed by atoms with van der Waals surface area (Å²) in [7, 11) is 0. The number of aliphatic hydroxyl groups is 1. The minimum Gasteiger partial charge on any atom is -0.396 e. The fraction of sp³-hybridized carbons (Fsp3) is 0.300. The number of hydrogen-bond donors (Lipinski definition) is 1. The second kappa shape index (κ2) is 5.21. The molecule has 0 amide bonds. The van der Waals surface area contributed by atoms with Crippen LogP contribution < -0.4 is 0 Å². The fourth-order valence-corrected chi connectivity index (χ4v) is 1.25. The third-order valence-electron chi connectivity index (χ3n) is 2.02. The Bertz CT molecular complexity index is 350. The van der Waals surface area contributed by atoms with E-state index in [2.05, 4.69) is 0 Å². The van der Waals surface area contributed by atoms with E-state index in [1.54, 1.807) is 18.2 Å². The van der Waals surface area contributed by atoms with Crippen LogP contribution in [0.1, 0.15) is 16.8 Å². The zero-order chi connectivity index (χ0) is 11.3. The van der Waals surface area contributed by atoms with Gasteiger partial charge in [0.25, 0.3) is 6.04 Å². The zero-order valence-electron chi connectivity index (χ0n) is 8.00. The lowest BCUT2D eigenvalue weighted by Crippen LogP contribution is -2.30. The van der Waals surface area contributed by atoms with Crippen molar-refractivity contribution in [1.82, 2.24) is 0 Å². The van der Waals surface area contributed by atoms with Crippen LogP contribution in [0.25, 0.3) is 0 Å². The Morgan fingerprint density at radius 1 is 1.40 bits per heavy atom. The average Bonchev–Trinajstić information content (AvgIpc) is 2.26. The molecule has 1 aromatic carbocycles. The molecule has 0 aliphatic heterocycles. The molecule has 0 radical (unpaired) electrons. The van der Waals surface area contributed by atoms with Crippen LogP contribution in [0.2, 0.25) is 0 Å². The monoisotopic (exact) mass is 209 g/mol. The van der Waals surface area contributed by atoms with Gasteiger partial charge in [0.1, 0.15) is 0 Å². The van der Waals surface area contributed by atoms with Crippen LogP contribution in [0, 0.1) is 10.1 Å². The number of aliphatic hydroxyl groups excluding tert-OH is 1. The van der Waals surface area contributed by atoms with Crippen LogP contribution in [0.15, 0.2) is 30.3 Å². The molecule has 0 heterocycles. The van der Waals surface area contributed by atoms with Gasteiger partial charge in [0.15, 0.2) is 0 Å². The molecule has 0 fully saturated rings. The van der Waals surface area contributed by atoms with E-state index < -0.39 is 16.7 Å². The lowest BCUT2D eigenvalue weighted by atomic mass is 10.0. The van der Waals surface area contributed by atoms with E-state index in [0.29, 0.717) is 5.56 Å². The first-order valence-electron chi connectivity index (χ1n) is 4.50. The number of rotatable bonds is 5. The van der Waals surface area contributed by atoms with Gasteiger partial charge in [0, 0.05) is 16.9 Å². The SMILES string of the molecule is O=C(c1ccccc1)C(CCO)[N+](=O)[O-]. The largest absolute Gasteiger partial charge is 0.396 e. The molecule has 15 heavy (non-hydrogen) atoms. The van der Waals surface area contributed by atoms with Crippen molar-refractivity contribution in [2.24, 2.45) is 0 Å². The van der Waals surface area contributed by atoms with Crippen LogP contribution in [-0.2, 0) is 0 Å². The number of carbonyl (C=O) groups is 1. The topological polar surface area (TPSA) is 80.4 Å². The molecule has 1 unspecified atom stereocenters. The van der Waals surface area contributed by atoms with Crippen LogP contribution in [0.3, 0.4) is 0 Å². The highest BCUT2D eigenvalue weighted by Gasteiger charge is 2.29. The first-order valence-corrected chi connectivity index (χ1v) is 4.50. The summed E-state index contributed by atoms with van der Waals surface area (Å²) in [5.74, 6) is -0.561. The predicted molar refractivity (Wildman–Crippen MR) is 53.3 cm³/mol. The smallest absolute Gasteiger partial charge is 0.277 e. The summed E-state index contributed by atoms with van der Waals surface area (Å²) >= 11 is 0. The Balaban J connectivity index is 2.86. The van der Waals surface area contributed by atoms with Crippen molar-refractivity contribution in [1.29, 1.82) is 0 Å². The van der Waals surface area contributed by atoms with Crippen molar-refractivity contribution < 1.29 is 14.8 Å². The summed E-state index contributed by atoms with van der Waals surface area (Å²) in [4.78, 5) is 21.5. The highest BCUT2D eigenvalue weighted by molar-refractivity contribution is 5.99. The fourth-order valence-electron chi connectivity index (χ4n) is 1.25. The summed E-state index contributed by atoms with van der Waals surface area (Å²) in [5, 5.41) is 19.2. The number of benzene rings is 1. The quantitative estimate of drug-likeness (QED) is 0.443. The third-order valence-corrected chi connectivity index (χ3v) is 2.02. The molecule has 80 valence electrons. The van der Waals surface area contributed by atoms with Gasteiger partial charge in [-0.15, -0.1) is 0 Å². The van der Waals surface area contributed by atoms with Gasteiger partial charge in [0.2, 0.25) is 5.78 Å². The van der Waals surface area contributed by atoms with Crippen molar-refractivity contribution >= 4 is 5.78 Å². The minimum absolute atomic E-state index is 0.152. The second-order valence-corrected chi connectivity index (χ2v) is 3.04. The molecular weight excluding hydrogens is 198 g/mol. The van der Waals surface area contributed by atoms with Crippen LogP contribution in [0.5, 0.6) is 0 Å². The molecule has 0 saturated heterocycles. The van der Waals surface area contributed by atoms with E-state index in [-0.39, 0.29) is 13.0 Å². The summed E-state index contributed by atoms with van der Waals surface area (Å²) in [6, 6.07) is 6.71. The molecular formula is C10H11NO4. The van der Waals surface area contributed by atoms with Gasteiger partial charge in [-0.3, -0.25) is 14.9 Å². The maximum atomic E-state index is 11.6. The first-order chi connectivity index (χ1) is 7.16. The van der Waals surface area contributed by atoms with E-state index in [4.69, 9.17) is 5.11 Å². The maximum absolute atomic E-state index is 11.6. The predicted octanol–water partition coefficient (Wildman–Crippen LogP) is 0.897. The maximum Gasteiger partial charge on any atom is 0.277 e. The molecule has 5 nitrogen and oxygen atoms in total. The average molecular weight is 209 g/mol. The first kappa shape index (κ1) is 11.3. The van der Waals surface area contributed by atoms with Gasteiger partial charge < -0.3 is 5.11 Å². The molecule has 0 bridgehead atoms. The number of nitro groups is 1. The van der Waals surface area contributed by atoms with Crippen LogP contribution in [-0.4, -0.2) is 28.5 Å². The number of Topliss-reactive ketones (excluding diaryl/α,β-unsaturated/α-hetero) is 1. The molecule has 0 saturated carbocycles. The lowest BCUT2D eigenvalue weighted by Gasteiger charge is -2.06. The molecule has 1 aromatic rings. The Kier molecular flexibility index (Phi) is 3.93. The highest BCUT2D eigenvalue weighted by atomic mass is 16.6. The van der Waals surface area contributed by atoms with Crippen molar-refractivity contribution in [2.45, 2.75) is 12.5 Å². The molecule has 1 atom stereocenters. The molecule has 5 heteroatoms. The van der Waals surface area contributed by atoms with E-state index >= 15 is 0 Å². The molecule has 0 aromatic heterocycles. The Morgan fingerprint density at radius 3 is 2.47 bits per heavy atom. The Labute approximate surface area is 86.5 Å². The lowest BCUT2D eigenvalue weighted by molar-refractivity contribution is -0.506. The van der Waals surface area contributed by atoms with Crippen molar-refractivity contribution in [3.05, 3.63) is 46.0 Å². The molecule has 1 N–H and O–H groups in total. The second-order valence-electron chi connectivity index (χ2n) is 3.04. The highest BCUT2D eigenvalue weighted by Crippen LogP contribution is 2.08. The zero-order valence-corrected chi connectivity index (χ0v) is 8.00. The molecule has 1 rings (SSSR count). The van der Waals surface area contributed by atoms with Gasteiger partial charge in [-0.25, -0.2) is 0 Å². The van der Waals surface area contributed by atoms with E-state index in [1.807, 2.05) is 0 Å². The number of nitrogens with zero attached hydrogens (tertiary/aromatic N) is 1. The van der Waals surface area contributed by atoms with E-state index in [0.717, 1.165) is 0 Å². The molecule has 0 aliphatic carbocycles. The van der Waals surface area contributed by atoms with E-state index in [1.165, 1.54) is 12.1 Å². The van der Waals surface area contributed by atoms with Crippen LogP contribution in [0.4, 0.5) is 0 Å². The molecule has 0 aliphatic rings. The summed E-state index contributed by atoms with van der Waals surface area (Å²) in [6.07, 6.45) is -0.152. The Hall–Kier alpha value is -1.75. The number of hydrogen-bond acceptors (Lipinski definition) is 4. The van der Waals surface area contributed by atoms with Gasteiger partial charge in [-0.05, 0) is 0 Å². The summed E-state index contributed by atoms with van der Waals surface area (Å²) in [5.41, 5.74) is 0.299. The van der Waals surface area contributed by atoms with Crippen LogP contribution >= 0.6 is 0 Å². The Morgan fingerprint density at radius 2 is 2.00 bits per heavy atom. The number of carbonyl (C=O) groups excluding carboxylic acids is 1.